The van der Waals surface area contributed by atoms with Crippen LogP contribution in [0.25, 0.3) is 0 Å². The van der Waals surface area contributed by atoms with E-state index in [2.05, 4.69) is 15.8 Å². The molecule has 0 aromatic heterocycles. The largest absolute Gasteiger partial charge is 0.497 e. The van der Waals surface area contributed by atoms with Crippen LogP contribution in [0.15, 0.2) is 107 Å². The number of aryl methyl sites for hydroxylation is 1. The molecule has 43 heavy (non-hydrogen) atoms. The van der Waals surface area contributed by atoms with Crippen LogP contribution >= 0.6 is 0 Å². The molecule has 4 aromatic rings. The van der Waals surface area contributed by atoms with Crippen LogP contribution < -0.4 is 24.5 Å². The van der Waals surface area contributed by atoms with Gasteiger partial charge in [0.1, 0.15) is 23.9 Å². The molecule has 0 aliphatic heterocycles. The maximum Gasteiger partial charge on any atom is 0.264 e. The van der Waals surface area contributed by atoms with Gasteiger partial charge in [-0.3, -0.25) is 13.9 Å². The molecule has 2 N–H and O–H groups in total. The summed E-state index contributed by atoms with van der Waals surface area (Å²) in [7, 11) is -2.63. The Bertz CT molecular complexity index is 1690. The highest BCUT2D eigenvalue weighted by molar-refractivity contribution is 7.92. The molecule has 0 bridgehead atoms. The number of nitrogens with zero attached hydrogens (tertiary/aromatic N) is 2. The first-order valence-corrected chi connectivity index (χ1v) is 14.4. The number of halogens is 1. The molecule has 0 saturated carbocycles. The Morgan fingerprint density at radius 3 is 2.28 bits per heavy atom. The number of sulfonamides is 1. The van der Waals surface area contributed by atoms with E-state index in [1.165, 1.54) is 55.8 Å². The fourth-order valence-corrected chi connectivity index (χ4v) is 5.20. The Morgan fingerprint density at radius 1 is 0.907 bits per heavy atom. The number of ether oxygens (including phenoxy) is 2. The molecule has 0 atom stereocenters. The third-order valence-corrected chi connectivity index (χ3v) is 7.81. The van der Waals surface area contributed by atoms with E-state index >= 15 is 0 Å². The topological polar surface area (TPSA) is 126 Å². The predicted octanol–water partition coefficient (Wildman–Crippen LogP) is 4.51. The first kappa shape index (κ1) is 30.7. The lowest BCUT2D eigenvalue weighted by Crippen LogP contribution is -2.39. The van der Waals surface area contributed by atoms with E-state index in [9.17, 15) is 22.4 Å². The van der Waals surface area contributed by atoms with E-state index in [4.69, 9.17) is 9.47 Å². The second-order valence-electron chi connectivity index (χ2n) is 9.23. The highest BCUT2D eigenvalue weighted by Crippen LogP contribution is 2.27. The van der Waals surface area contributed by atoms with Crippen molar-refractivity contribution in [3.63, 3.8) is 0 Å². The first-order chi connectivity index (χ1) is 20.6. The Morgan fingerprint density at radius 2 is 1.60 bits per heavy atom. The highest BCUT2D eigenvalue weighted by atomic mass is 32.2. The summed E-state index contributed by atoms with van der Waals surface area (Å²) in [4.78, 5) is 24.9. The number of carbonyl (C=O) groups excluding carboxylic acids is 2. The molecule has 0 spiro atoms. The van der Waals surface area contributed by atoms with Crippen molar-refractivity contribution in [1.29, 1.82) is 0 Å². The third-order valence-electron chi connectivity index (χ3n) is 6.02. The lowest BCUT2D eigenvalue weighted by Gasteiger charge is -2.24. The van der Waals surface area contributed by atoms with Crippen LogP contribution in [0.5, 0.6) is 11.5 Å². The smallest absolute Gasteiger partial charge is 0.264 e. The molecule has 0 unspecified atom stereocenters. The predicted molar refractivity (Wildman–Crippen MR) is 161 cm³/mol. The lowest BCUT2D eigenvalue weighted by molar-refractivity contribution is -0.119. The minimum Gasteiger partial charge on any atom is -0.497 e. The van der Waals surface area contributed by atoms with Gasteiger partial charge in [0.25, 0.3) is 21.8 Å². The van der Waals surface area contributed by atoms with Crippen LogP contribution in [-0.2, 0) is 19.6 Å². The number of rotatable bonds is 12. The summed E-state index contributed by atoms with van der Waals surface area (Å²) in [6, 6.07) is 24.7. The number of nitrogens with one attached hydrogen (secondary N) is 2. The van der Waals surface area contributed by atoms with Crippen molar-refractivity contribution in [2.45, 2.75) is 11.8 Å². The van der Waals surface area contributed by atoms with Gasteiger partial charge in [0.15, 0.2) is 6.61 Å². The normalized spacial score (nSPS) is 11.1. The standard InChI is InChI=1S/C31H29FN4O6S/c1-22-6-16-29(17-7-22)43(39,40)36(26-4-3-5-28(18-26)41-2)20-30(37)35-33-19-23-8-14-27(15-9-23)42-21-31(38)34-25-12-10-24(32)11-13-25/h3-19H,20-21H2,1-2H3,(H,34,38)(H,35,37)/b33-19-. The zero-order chi connectivity index (χ0) is 30.8. The van der Waals surface area contributed by atoms with E-state index in [-0.39, 0.29) is 17.2 Å². The molecule has 0 fully saturated rings. The zero-order valence-corrected chi connectivity index (χ0v) is 24.2. The van der Waals surface area contributed by atoms with Crippen molar-refractivity contribution in [3.05, 3.63) is 114 Å². The van der Waals surface area contributed by atoms with Crippen molar-refractivity contribution >= 4 is 39.4 Å². The van der Waals surface area contributed by atoms with Crippen LogP contribution in [0.1, 0.15) is 11.1 Å². The summed E-state index contributed by atoms with van der Waals surface area (Å²) in [6.45, 7) is 1.06. The number of benzene rings is 4. The van der Waals surface area contributed by atoms with Gasteiger partial charge in [0, 0.05) is 11.8 Å². The molecular weight excluding hydrogens is 575 g/mol. The van der Waals surface area contributed by atoms with Crippen LogP contribution in [0, 0.1) is 12.7 Å². The van der Waals surface area contributed by atoms with Crippen LogP contribution in [0.3, 0.4) is 0 Å². The quantitative estimate of drug-likeness (QED) is 0.181. The fraction of sp³-hybridized carbons (Fsp3) is 0.129. The van der Waals surface area contributed by atoms with Crippen molar-refractivity contribution in [2.24, 2.45) is 5.10 Å². The SMILES string of the molecule is COc1cccc(N(CC(=O)N/N=C\c2ccc(OCC(=O)Nc3ccc(F)cc3)cc2)S(=O)(=O)c2ccc(C)cc2)c1. The molecule has 0 saturated heterocycles. The average Bonchev–Trinajstić information content (AvgIpc) is 3.01. The number of anilines is 2. The highest BCUT2D eigenvalue weighted by Gasteiger charge is 2.27. The van der Waals surface area contributed by atoms with Crippen LogP contribution in [0.4, 0.5) is 15.8 Å². The Kier molecular flexibility index (Phi) is 10.1. The number of hydrazone groups is 1. The van der Waals surface area contributed by atoms with Crippen LogP contribution in [-0.4, -0.2) is 46.7 Å². The summed E-state index contributed by atoms with van der Waals surface area (Å²) < 4.78 is 51.7. The van der Waals surface area contributed by atoms with Crippen molar-refractivity contribution in [1.82, 2.24) is 5.43 Å². The molecule has 0 aliphatic rings. The van der Waals surface area contributed by atoms with Gasteiger partial charge in [0.2, 0.25) is 0 Å². The minimum absolute atomic E-state index is 0.0347. The molecule has 0 radical (unpaired) electrons. The molecule has 0 heterocycles. The van der Waals surface area contributed by atoms with Gasteiger partial charge in [0.05, 0.1) is 23.9 Å². The van der Waals surface area contributed by atoms with E-state index in [1.807, 2.05) is 6.92 Å². The Balaban J connectivity index is 1.36. The molecular formula is C31H29FN4O6S. The second-order valence-corrected chi connectivity index (χ2v) is 11.1. The van der Waals surface area contributed by atoms with Gasteiger partial charge >= 0.3 is 0 Å². The average molecular weight is 605 g/mol. The zero-order valence-electron chi connectivity index (χ0n) is 23.4. The second kappa shape index (κ2) is 14.1. The van der Waals surface area contributed by atoms with E-state index in [0.29, 0.717) is 22.7 Å². The summed E-state index contributed by atoms with van der Waals surface area (Å²) >= 11 is 0. The number of carbonyl (C=O) groups is 2. The third kappa shape index (κ3) is 8.63. The van der Waals surface area contributed by atoms with Gasteiger partial charge < -0.3 is 14.8 Å². The molecule has 10 nitrogen and oxygen atoms in total. The molecule has 4 rings (SSSR count). The summed E-state index contributed by atoms with van der Waals surface area (Å²) in [6.07, 6.45) is 1.38. The van der Waals surface area contributed by atoms with Gasteiger partial charge in [-0.15, -0.1) is 0 Å². The minimum atomic E-state index is -4.10. The van der Waals surface area contributed by atoms with Gasteiger partial charge in [-0.1, -0.05) is 23.8 Å². The monoisotopic (exact) mass is 604 g/mol. The first-order valence-electron chi connectivity index (χ1n) is 13.0. The molecule has 222 valence electrons. The molecule has 12 heteroatoms. The number of amides is 2. The van der Waals surface area contributed by atoms with Gasteiger partial charge in [-0.25, -0.2) is 18.2 Å². The number of hydrogen-bond acceptors (Lipinski definition) is 7. The number of hydrogen-bond donors (Lipinski definition) is 2. The summed E-state index contributed by atoms with van der Waals surface area (Å²) in [5.41, 5.74) is 4.56. The van der Waals surface area contributed by atoms with Gasteiger partial charge in [-0.05, 0) is 85.3 Å². The van der Waals surface area contributed by atoms with E-state index in [1.54, 1.807) is 54.6 Å². The van der Waals surface area contributed by atoms with Crippen molar-refractivity contribution in [3.8, 4) is 11.5 Å². The summed E-state index contributed by atoms with van der Waals surface area (Å²) in [5, 5.41) is 6.54. The summed E-state index contributed by atoms with van der Waals surface area (Å²) in [5.74, 6) is -0.625. The van der Waals surface area contributed by atoms with Crippen molar-refractivity contribution in [2.75, 3.05) is 29.9 Å². The van der Waals surface area contributed by atoms with Crippen molar-refractivity contribution < 1.29 is 31.9 Å². The Hall–Kier alpha value is -5.23. The fourth-order valence-electron chi connectivity index (χ4n) is 3.79. The maximum absolute atomic E-state index is 13.5. The van der Waals surface area contributed by atoms with Gasteiger partial charge in [-0.2, -0.15) is 5.10 Å². The molecule has 4 aromatic carbocycles. The molecule has 2 amide bonds. The van der Waals surface area contributed by atoms with E-state index < -0.39 is 34.2 Å². The Labute approximate surface area is 248 Å². The lowest BCUT2D eigenvalue weighted by atomic mass is 10.2. The van der Waals surface area contributed by atoms with E-state index in [0.717, 1.165) is 9.87 Å². The maximum atomic E-state index is 13.5. The molecule has 0 aliphatic carbocycles. The van der Waals surface area contributed by atoms with Crippen LogP contribution in [0.2, 0.25) is 0 Å². The number of methoxy groups -OCH3 is 1.